The van der Waals surface area contributed by atoms with E-state index in [1.54, 1.807) is 22.5 Å². The van der Waals surface area contributed by atoms with Gasteiger partial charge >= 0.3 is 5.69 Å². The van der Waals surface area contributed by atoms with Gasteiger partial charge in [0.05, 0.1) is 6.33 Å². The zero-order valence-corrected chi connectivity index (χ0v) is 11.5. The predicted octanol–water partition coefficient (Wildman–Crippen LogP) is -0.174. The molecule has 0 aliphatic heterocycles. The van der Waals surface area contributed by atoms with Crippen LogP contribution in [-0.4, -0.2) is 25.2 Å². The zero-order valence-electron chi connectivity index (χ0n) is 11.5. The van der Waals surface area contributed by atoms with Crippen molar-refractivity contribution in [2.75, 3.05) is 6.54 Å². The van der Waals surface area contributed by atoms with Crippen LogP contribution in [0, 0.1) is 0 Å². The van der Waals surface area contributed by atoms with Gasteiger partial charge in [0.25, 0.3) is 5.56 Å². The lowest BCUT2D eigenvalue weighted by atomic mass is 10.2. The molecule has 2 aromatic heterocycles. The first-order valence-corrected chi connectivity index (χ1v) is 6.39. The molecule has 2 aromatic rings. The fraction of sp³-hybridized carbons (Fsp3) is 0.583. The first-order valence-electron chi connectivity index (χ1n) is 6.39. The van der Waals surface area contributed by atoms with Gasteiger partial charge in [-0.15, -0.1) is 0 Å². The van der Waals surface area contributed by atoms with Gasteiger partial charge in [-0.25, -0.2) is 9.78 Å². The van der Waals surface area contributed by atoms with Crippen LogP contribution >= 0.6 is 0 Å². The first kappa shape index (κ1) is 13.5. The maximum absolute atomic E-state index is 12.4. The molecule has 2 rings (SSSR count). The molecule has 7 nitrogen and oxygen atoms in total. The number of hydrogen-bond acceptors (Lipinski definition) is 4. The van der Waals surface area contributed by atoms with Crippen LogP contribution < -0.4 is 17.0 Å². The zero-order chi connectivity index (χ0) is 14.2. The molecule has 1 atom stereocenters. The SMILES string of the molecule is CCC(C)n1c(=O)n(CCN)c(=O)c2c1ncn2C. The van der Waals surface area contributed by atoms with Crippen molar-refractivity contribution in [3.8, 4) is 0 Å². The maximum atomic E-state index is 12.4. The number of nitrogens with zero attached hydrogens (tertiary/aromatic N) is 4. The van der Waals surface area contributed by atoms with Crippen LogP contribution in [0.15, 0.2) is 15.9 Å². The monoisotopic (exact) mass is 265 g/mol. The standard InChI is InChI=1S/C12H19N5O2/c1-4-8(2)17-10-9(15(3)7-14-10)11(18)16(6-5-13)12(17)19/h7-8H,4-6,13H2,1-3H3. The summed E-state index contributed by atoms with van der Waals surface area (Å²) in [5, 5.41) is 0. The van der Waals surface area contributed by atoms with E-state index in [2.05, 4.69) is 4.98 Å². The normalized spacial score (nSPS) is 13.1. The minimum absolute atomic E-state index is 0.0190. The Bertz CT molecular complexity index is 709. The van der Waals surface area contributed by atoms with E-state index in [0.717, 1.165) is 6.42 Å². The highest BCUT2D eigenvalue weighted by atomic mass is 16.2. The van der Waals surface area contributed by atoms with Crippen LogP contribution in [0.2, 0.25) is 0 Å². The maximum Gasteiger partial charge on any atom is 0.333 e. The minimum Gasteiger partial charge on any atom is -0.329 e. The quantitative estimate of drug-likeness (QED) is 0.831. The summed E-state index contributed by atoms with van der Waals surface area (Å²) in [7, 11) is 1.74. The van der Waals surface area contributed by atoms with E-state index in [9.17, 15) is 9.59 Å². The van der Waals surface area contributed by atoms with Gasteiger partial charge in [0, 0.05) is 26.2 Å². The molecule has 1 unspecified atom stereocenters. The van der Waals surface area contributed by atoms with Crippen molar-refractivity contribution in [3.63, 3.8) is 0 Å². The Hall–Kier alpha value is -1.89. The Morgan fingerprint density at radius 3 is 2.68 bits per heavy atom. The molecular weight excluding hydrogens is 246 g/mol. The number of aromatic nitrogens is 4. The molecule has 0 aliphatic rings. The van der Waals surface area contributed by atoms with E-state index in [1.165, 1.54) is 4.57 Å². The number of fused-ring (bicyclic) bond motifs is 1. The molecular formula is C12H19N5O2. The number of nitrogens with two attached hydrogens (primary N) is 1. The molecule has 104 valence electrons. The average molecular weight is 265 g/mol. The lowest BCUT2D eigenvalue weighted by Crippen LogP contribution is -2.42. The molecule has 0 radical (unpaired) electrons. The second-order valence-electron chi connectivity index (χ2n) is 4.68. The van der Waals surface area contributed by atoms with Gasteiger partial charge in [-0.2, -0.15) is 0 Å². The van der Waals surface area contributed by atoms with Crippen LogP contribution in [0.4, 0.5) is 0 Å². The number of imidazole rings is 1. The highest BCUT2D eigenvalue weighted by Crippen LogP contribution is 2.13. The van der Waals surface area contributed by atoms with Gasteiger partial charge in [-0.05, 0) is 13.3 Å². The molecule has 0 saturated heterocycles. The van der Waals surface area contributed by atoms with Crippen molar-refractivity contribution >= 4 is 11.2 Å². The van der Waals surface area contributed by atoms with Gasteiger partial charge < -0.3 is 10.3 Å². The summed E-state index contributed by atoms with van der Waals surface area (Å²) in [6.45, 7) is 4.39. The molecule has 0 fully saturated rings. The van der Waals surface area contributed by atoms with Gasteiger partial charge in [0.2, 0.25) is 0 Å². The van der Waals surface area contributed by atoms with Crippen LogP contribution in [0.1, 0.15) is 26.3 Å². The van der Waals surface area contributed by atoms with E-state index in [4.69, 9.17) is 5.73 Å². The highest BCUT2D eigenvalue weighted by molar-refractivity contribution is 5.70. The highest BCUT2D eigenvalue weighted by Gasteiger charge is 2.18. The van der Waals surface area contributed by atoms with Crippen molar-refractivity contribution in [2.24, 2.45) is 12.8 Å². The molecule has 0 bridgehead atoms. The summed E-state index contributed by atoms with van der Waals surface area (Å²) in [5.41, 5.74) is 5.70. The summed E-state index contributed by atoms with van der Waals surface area (Å²) < 4.78 is 4.41. The molecule has 7 heteroatoms. The molecule has 19 heavy (non-hydrogen) atoms. The molecule has 2 heterocycles. The average Bonchev–Trinajstić information content (AvgIpc) is 2.76. The Morgan fingerprint density at radius 1 is 1.42 bits per heavy atom. The number of aryl methyl sites for hydroxylation is 1. The fourth-order valence-corrected chi connectivity index (χ4v) is 2.18. The fourth-order valence-electron chi connectivity index (χ4n) is 2.18. The molecule has 0 aliphatic carbocycles. The van der Waals surface area contributed by atoms with Crippen LogP contribution in [-0.2, 0) is 13.6 Å². The van der Waals surface area contributed by atoms with E-state index in [0.29, 0.717) is 11.2 Å². The topological polar surface area (TPSA) is 87.8 Å². The number of rotatable bonds is 4. The predicted molar refractivity (Wildman–Crippen MR) is 73.3 cm³/mol. The Kier molecular flexibility index (Phi) is 3.57. The molecule has 2 N–H and O–H groups in total. The van der Waals surface area contributed by atoms with Crippen molar-refractivity contribution in [1.82, 2.24) is 18.7 Å². The Balaban J connectivity index is 2.94. The van der Waals surface area contributed by atoms with Gasteiger partial charge in [-0.3, -0.25) is 13.9 Å². The first-order chi connectivity index (χ1) is 9.02. The molecule has 0 spiro atoms. The lowest BCUT2D eigenvalue weighted by molar-refractivity contribution is 0.485. The van der Waals surface area contributed by atoms with E-state index in [-0.39, 0.29) is 30.4 Å². The summed E-state index contributed by atoms with van der Waals surface area (Å²) in [6, 6.07) is -0.0190. The van der Waals surface area contributed by atoms with E-state index in [1.807, 2.05) is 13.8 Å². The number of hydrogen-bond donors (Lipinski definition) is 1. The van der Waals surface area contributed by atoms with Crippen LogP contribution in [0.3, 0.4) is 0 Å². The summed E-state index contributed by atoms with van der Waals surface area (Å²) in [5.74, 6) is 0. The second-order valence-corrected chi connectivity index (χ2v) is 4.68. The van der Waals surface area contributed by atoms with Crippen molar-refractivity contribution < 1.29 is 0 Å². The summed E-state index contributed by atoms with van der Waals surface area (Å²) >= 11 is 0. The smallest absolute Gasteiger partial charge is 0.329 e. The third kappa shape index (κ3) is 1.99. The van der Waals surface area contributed by atoms with Crippen molar-refractivity contribution in [2.45, 2.75) is 32.9 Å². The summed E-state index contributed by atoms with van der Waals surface area (Å²) in [4.78, 5) is 28.9. The molecule has 0 amide bonds. The largest absolute Gasteiger partial charge is 0.333 e. The van der Waals surface area contributed by atoms with Gasteiger partial charge in [0.1, 0.15) is 0 Å². The Morgan fingerprint density at radius 2 is 2.11 bits per heavy atom. The third-order valence-electron chi connectivity index (χ3n) is 3.41. The van der Waals surface area contributed by atoms with E-state index >= 15 is 0 Å². The molecule has 0 saturated carbocycles. The van der Waals surface area contributed by atoms with Gasteiger partial charge in [0.15, 0.2) is 11.2 Å². The van der Waals surface area contributed by atoms with Crippen molar-refractivity contribution in [1.29, 1.82) is 0 Å². The van der Waals surface area contributed by atoms with E-state index < -0.39 is 0 Å². The second kappa shape index (κ2) is 5.00. The van der Waals surface area contributed by atoms with Gasteiger partial charge in [-0.1, -0.05) is 6.92 Å². The molecule has 0 aromatic carbocycles. The minimum atomic E-state index is -0.337. The van der Waals surface area contributed by atoms with Crippen LogP contribution in [0.5, 0.6) is 0 Å². The Labute approximate surface area is 110 Å². The van der Waals surface area contributed by atoms with Crippen molar-refractivity contribution in [3.05, 3.63) is 27.2 Å². The van der Waals surface area contributed by atoms with Crippen LogP contribution in [0.25, 0.3) is 11.2 Å². The third-order valence-corrected chi connectivity index (χ3v) is 3.41. The lowest BCUT2D eigenvalue weighted by Gasteiger charge is -2.16. The summed E-state index contributed by atoms with van der Waals surface area (Å²) in [6.07, 6.45) is 2.34.